The van der Waals surface area contributed by atoms with Gasteiger partial charge in [-0.15, -0.1) is 0 Å². The minimum absolute atomic E-state index is 0.0653. The van der Waals surface area contributed by atoms with Crippen LogP contribution in [-0.4, -0.2) is 25.7 Å². The summed E-state index contributed by atoms with van der Waals surface area (Å²) in [6, 6.07) is 1.46. The standard InChI is InChI=1S/C8H7ClN6O/c9-4-3-12-8(11)13-7(4)15-2-1-5(14-15)6(10)16/h1-3H,(H2,10,16)(H2,11,12,13). The number of nitrogen functional groups attached to an aromatic ring is 1. The second-order valence-corrected chi connectivity index (χ2v) is 3.32. The maximum atomic E-state index is 10.9. The van der Waals surface area contributed by atoms with Crippen molar-refractivity contribution < 1.29 is 4.79 Å². The van der Waals surface area contributed by atoms with E-state index in [0.717, 1.165) is 0 Å². The average Bonchev–Trinajstić information content (AvgIpc) is 2.70. The normalized spacial score (nSPS) is 10.3. The molecule has 2 aromatic rings. The lowest BCUT2D eigenvalue weighted by atomic mass is 10.4. The van der Waals surface area contributed by atoms with Crippen LogP contribution in [0.1, 0.15) is 10.5 Å². The molecule has 4 N–H and O–H groups in total. The number of nitrogens with two attached hydrogens (primary N) is 2. The zero-order valence-electron chi connectivity index (χ0n) is 7.96. The van der Waals surface area contributed by atoms with Crippen LogP contribution in [0.5, 0.6) is 0 Å². The molecule has 0 fully saturated rings. The highest BCUT2D eigenvalue weighted by Crippen LogP contribution is 2.16. The van der Waals surface area contributed by atoms with Crippen molar-refractivity contribution in [2.75, 3.05) is 5.73 Å². The molecule has 2 aromatic heterocycles. The number of carbonyl (C=O) groups excluding carboxylic acids is 1. The molecule has 0 atom stereocenters. The summed E-state index contributed by atoms with van der Waals surface area (Å²) in [5, 5.41) is 4.17. The number of rotatable bonds is 2. The maximum absolute atomic E-state index is 10.9. The van der Waals surface area contributed by atoms with E-state index in [1.165, 1.54) is 23.1 Å². The summed E-state index contributed by atoms with van der Waals surface area (Å²) in [5.74, 6) is -0.269. The number of hydrogen-bond acceptors (Lipinski definition) is 5. The highest BCUT2D eigenvalue weighted by molar-refractivity contribution is 6.32. The van der Waals surface area contributed by atoms with Crippen molar-refractivity contribution in [2.24, 2.45) is 5.73 Å². The number of primary amides is 1. The van der Waals surface area contributed by atoms with Gasteiger partial charge in [-0.2, -0.15) is 10.1 Å². The van der Waals surface area contributed by atoms with Crippen molar-refractivity contribution in [3.05, 3.63) is 29.2 Å². The number of carbonyl (C=O) groups is 1. The van der Waals surface area contributed by atoms with Gasteiger partial charge in [0.25, 0.3) is 5.91 Å². The number of hydrogen-bond donors (Lipinski definition) is 2. The lowest BCUT2D eigenvalue weighted by molar-refractivity contribution is 0.0995. The number of nitrogens with zero attached hydrogens (tertiary/aromatic N) is 4. The van der Waals surface area contributed by atoms with Gasteiger partial charge >= 0.3 is 0 Å². The van der Waals surface area contributed by atoms with Gasteiger partial charge < -0.3 is 11.5 Å². The first kappa shape index (κ1) is 10.4. The Bertz CT molecular complexity index is 551. The quantitative estimate of drug-likeness (QED) is 0.764. The molecule has 0 spiro atoms. The Balaban J connectivity index is 2.50. The van der Waals surface area contributed by atoms with Crippen molar-refractivity contribution >= 4 is 23.5 Å². The molecule has 0 unspecified atom stereocenters. The van der Waals surface area contributed by atoms with Crippen LogP contribution in [0.4, 0.5) is 5.95 Å². The van der Waals surface area contributed by atoms with E-state index in [2.05, 4.69) is 15.1 Å². The minimum Gasteiger partial charge on any atom is -0.368 e. The Morgan fingerprint density at radius 2 is 2.25 bits per heavy atom. The summed E-state index contributed by atoms with van der Waals surface area (Å²) in [4.78, 5) is 18.5. The summed E-state index contributed by atoms with van der Waals surface area (Å²) in [5.41, 5.74) is 10.6. The lowest BCUT2D eigenvalue weighted by Crippen LogP contribution is -2.12. The highest BCUT2D eigenvalue weighted by atomic mass is 35.5. The zero-order valence-corrected chi connectivity index (χ0v) is 8.72. The molecule has 2 rings (SSSR count). The van der Waals surface area contributed by atoms with Gasteiger partial charge in [-0.1, -0.05) is 11.6 Å². The maximum Gasteiger partial charge on any atom is 0.269 e. The van der Waals surface area contributed by atoms with E-state index in [1.54, 1.807) is 0 Å². The second-order valence-electron chi connectivity index (χ2n) is 2.91. The minimum atomic E-state index is -0.628. The van der Waals surface area contributed by atoms with Crippen molar-refractivity contribution in [2.45, 2.75) is 0 Å². The van der Waals surface area contributed by atoms with Gasteiger partial charge in [-0.25, -0.2) is 9.67 Å². The third kappa shape index (κ3) is 1.80. The predicted octanol–water partition coefficient (Wildman–Crippen LogP) is -0.00320. The first-order valence-corrected chi connectivity index (χ1v) is 4.59. The van der Waals surface area contributed by atoms with Crippen LogP contribution in [0.15, 0.2) is 18.5 Å². The van der Waals surface area contributed by atoms with E-state index in [1.807, 2.05) is 0 Å². The Kier molecular flexibility index (Phi) is 2.45. The average molecular weight is 239 g/mol. The van der Waals surface area contributed by atoms with Crippen LogP contribution in [-0.2, 0) is 0 Å². The number of halogens is 1. The Hall–Kier alpha value is -2.15. The molecule has 8 heteroatoms. The van der Waals surface area contributed by atoms with E-state index in [-0.39, 0.29) is 16.7 Å². The van der Waals surface area contributed by atoms with Gasteiger partial charge in [0.05, 0.1) is 6.20 Å². The molecular formula is C8H7ClN6O. The van der Waals surface area contributed by atoms with Crippen LogP contribution in [0.2, 0.25) is 5.02 Å². The molecule has 0 aromatic carbocycles. The largest absolute Gasteiger partial charge is 0.368 e. The molecular weight excluding hydrogens is 232 g/mol. The van der Waals surface area contributed by atoms with Crippen LogP contribution in [0.3, 0.4) is 0 Å². The molecule has 0 radical (unpaired) electrons. The highest BCUT2D eigenvalue weighted by Gasteiger charge is 2.10. The Morgan fingerprint density at radius 3 is 2.88 bits per heavy atom. The van der Waals surface area contributed by atoms with Crippen LogP contribution in [0, 0.1) is 0 Å². The Morgan fingerprint density at radius 1 is 1.50 bits per heavy atom. The summed E-state index contributed by atoms with van der Waals surface area (Å²) in [7, 11) is 0. The SMILES string of the molecule is NC(=O)c1ccn(-c2nc(N)ncc2Cl)n1. The smallest absolute Gasteiger partial charge is 0.269 e. The molecule has 7 nitrogen and oxygen atoms in total. The van der Waals surface area contributed by atoms with Gasteiger partial charge in [0.1, 0.15) is 10.7 Å². The Labute approximate surface area is 95.0 Å². The van der Waals surface area contributed by atoms with E-state index in [9.17, 15) is 4.79 Å². The van der Waals surface area contributed by atoms with Gasteiger partial charge in [-0.3, -0.25) is 4.79 Å². The molecule has 82 valence electrons. The van der Waals surface area contributed by atoms with Crippen molar-refractivity contribution in [3.63, 3.8) is 0 Å². The number of aromatic nitrogens is 4. The predicted molar refractivity (Wildman–Crippen MR) is 57.1 cm³/mol. The summed E-state index contributed by atoms with van der Waals surface area (Å²) < 4.78 is 1.31. The second kappa shape index (κ2) is 3.78. The molecule has 0 aliphatic heterocycles. The fourth-order valence-corrected chi connectivity index (χ4v) is 1.28. The van der Waals surface area contributed by atoms with E-state index in [4.69, 9.17) is 23.1 Å². The van der Waals surface area contributed by atoms with E-state index >= 15 is 0 Å². The number of amides is 1. The monoisotopic (exact) mass is 238 g/mol. The molecule has 0 bridgehead atoms. The fraction of sp³-hybridized carbons (Fsp3) is 0. The van der Waals surface area contributed by atoms with Crippen molar-refractivity contribution in [1.29, 1.82) is 0 Å². The molecule has 2 heterocycles. The molecule has 1 amide bonds. The third-order valence-electron chi connectivity index (χ3n) is 1.80. The van der Waals surface area contributed by atoms with E-state index < -0.39 is 5.91 Å². The van der Waals surface area contributed by atoms with Crippen molar-refractivity contribution in [1.82, 2.24) is 19.7 Å². The molecule has 0 saturated heterocycles. The lowest BCUT2D eigenvalue weighted by Gasteiger charge is -2.02. The summed E-state index contributed by atoms with van der Waals surface area (Å²) >= 11 is 5.86. The first-order valence-electron chi connectivity index (χ1n) is 4.22. The summed E-state index contributed by atoms with van der Waals surface area (Å²) in [6.07, 6.45) is 2.86. The first-order chi connectivity index (χ1) is 7.58. The van der Waals surface area contributed by atoms with Gasteiger partial charge in [0, 0.05) is 6.20 Å². The van der Waals surface area contributed by atoms with Gasteiger partial charge in [-0.05, 0) is 6.07 Å². The number of anilines is 1. The molecule has 16 heavy (non-hydrogen) atoms. The van der Waals surface area contributed by atoms with Gasteiger partial charge in [0.2, 0.25) is 5.95 Å². The van der Waals surface area contributed by atoms with Gasteiger partial charge in [0.15, 0.2) is 5.82 Å². The molecule has 0 aliphatic carbocycles. The summed E-state index contributed by atoms with van der Waals surface area (Å²) in [6.45, 7) is 0. The van der Waals surface area contributed by atoms with Crippen LogP contribution < -0.4 is 11.5 Å². The third-order valence-corrected chi connectivity index (χ3v) is 2.07. The molecule has 0 saturated carbocycles. The zero-order chi connectivity index (χ0) is 11.7. The topological polar surface area (TPSA) is 113 Å². The van der Waals surface area contributed by atoms with Crippen LogP contribution in [0.25, 0.3) is 5.82 Å². The van der Waals surface area contributed by atoms with Crippen molar-refractivity contribution in [3.8, 4) is 5.82 Å². The van der Waals surface area contributed by atoms with Crippen LogP contribution >= 0.6 is 11.6 Å². The van der Waals surface area contributed by atoms with E-state index in [0.29, 0.717) is 5.82 Å². The fourth-order valence-electron chi connectivity index (χ4n) is 1.11. The molecule has 0 aliphatic rings.